The van der Waals surface area contributed by atoms with Crippen molar-refractivity contribution in [3.8, 4) is 5.75 Å². The molecule has 3 aromatic rings. The van der Waals surface area contributed by atoms with E-state index in [0.717, 1.165) is 22.3 Å². The van der Waals surface area contributed by atoms with E-state index in [9.17, 15) is 9.90 Å². The number of aromatic nitrogens is 2. The lowest BCUT2D eigenvalue weighted by molar-refractivity contribution is -0.119. The van der Waals surface area contributed by atoms with Crippen molar-refractivity contribution in [2.45, 2.75) is 31.7 Å². The Labute approximate surface area is 186 Å². The zero-order valence-corrected chi connectivity index (χ0v) is 18.2. The van der Waals surface area contributed by atoms with E-state index >= 15 is 0 Å². The van der Waals surface area contributed by atoms with Crippen LogP contribution in [0.25, 0.3) is 11.0 Å². The molecule has 7 heteroatoms. The number of rotatable bonds is 3. The molecule has 1 aliphatic carbocycles. The third kappa shape index (κ3) is 3.13. The van der Waals surface area contributed by atoms with Crippen LogP contribution in [-0.2, 0) is 15.7 Å². The molecule has 162 valence electrons. The highest BCUT2D eigenvalue weighted by atomic mass is 16.3. The number of hydrogen-bond donors (Lipinski definition) is 4. The molecular weight excluding hydrogens is 402 g/mol. The topological polar surface area (TPSA) is 91.2 Å². The minimum Gasteiger partial charge on any atom is -0.508 e. The van der Waals surface area contributed by atoms with E-state index in [1.807, 2.05) is 48.7 Å². The van der Waals surface area contributed by atoms with Gasteiger partial charge in [-0.25, -0.2) is 4.98 Å². The van der Waals surface area contributed by atoms with Gasteiger partial charge in [0.25, 0.3) is 0 Å². The van der Waals surface area contributed by atoms with Crippen molar-refractivity contribution in [2.75, 3.05) is 5.32 Å². The molecule has 0 spiro atoms. The second-order valence-corrected chi connectivity index (χ2v) is 9.06. The van der Waals surface area contributed by atoms with E-state index in [1.165, 1.54) is 0 Å². The number of anilines is 1. The van der Waals surface area contributed by atoms with Gasteiger partial charge in [0.05, 0.1) is 16.7 Å². The number of nitrogens with one attached hydrogen (secondary N) is 3. The normalized spacial score (nSPS) is 19.6. The van der Waals surface area contributed by atoms with Gasteiger partial charge in [-0.3, -0.25) is 4.79 Å². The molecule has 32 heavy (non-hydrogen) atoms. The maximum Gasteiger partial charge on any atom is 0.246 e. The molecule has 0 fully saturated rings. The Morgan fingerprint density at radius 3 is 2.62 bits per heavy atom. The van der Waals surface area contributed by atoms with Gasteiger partial charge in [0.15, 0.2) is 0 Å². The molecule has 0 saturated heterocycles. The average Bonchev–Trinajstić information content (AvgIpc) is 3.38. The first-order valence-electron chi connectivity index (χ1n) is 10.5. The Morgan fingerprint density at radius 2 is 1.88 bits per heavy atom. The minimum absolute atomic E-state index is 0.142. The number of phenols is 1. The molecule has 4 N–H and O–H groups in total. The van der Waals surface area contributed by atoms with Gasteiger partial charge in [-0.1, -0.05) is 24.3 Å². The number of imidazole rings is 1. The molecular formula is C25H25N5O2. The van der Waals surface area contributed by atoms with Crippen molar-refractivity contribution in [1.82, 2.24) is 20.4 Å². The Balaban J connectivity index is 1.73. The highest BCUT2D eigenvalue weighted by Gasteiger charge is 2.45. The highest BCUT2D eigenvalue weighted by Crippen LogP contribution is 2.39. The molecule has 5 rings (SSSR count). The molecule has 2 heterocycles. The summed E-state index contributed by atoms with van der Waals surface area (Å²) in [6.45, 7) is 6.32. The van der Waals surface area contributed by atoms with Crippen LogP contribution in [0.1, 0.15) is 26.6 Å². The van der Waals surface area contributed by atoms with Crippen LogP contribution in [0.5, 0.6) is 5.75 Å². The van der Waals surface area contributed by atoms with Crippen molar-refractivity contribution in [2.24, 2.45) is 0 Å². The molecule has 1 aliphatic heterocycles. The summed E-state index contributed by atoms with van der Waals surface area (Å²) in [4.78, 5) is 18.9. The zero-order chi connectivity index (χ0) is 22.5. The van der Waals surface area contributed by atoms with Crippen molar-refractivity contribution in [1.29, 1.82) is 0 Å². The minimum atomic E-state index is -1.16. The first-order valence-corrected chi connectivity index (χ1v) is 10.5. The maximum absolute atomic E-state index is 13.9. The van der Waals surface area contributed by atoms with Gasteiger partial charge >= 0.3 is 0 Å². The second-order valence-electron chi connectivity index (χ2n) is 9.06. The number of carbonyl (C=O) groups is 1. The lowest BCUT2D eigenvalue weighted by atomic mass is 9.79. The number of para-hydroxylation sites is 2. The van der Waals surface area contributed by atoms with Crippen LogP contribution in [0.15, 0.2) is 84.2 Å². The third-order valence-corrected chi connectivity index (χ3v) is 5.75. The SMILES string of the molecule is CC(C)(C)n1c(C2(C(=O)Nc3ccc(O)cc3)C=CC3=CNNC3=C2)nc2ccccc21. The monoisotopic (exact) mass is 427 g/mol. The smallest absolute Gasteiger partial charge is 0.246 e. The summed E-state index contributed by atoms with van der Waals surface area (Å²) in [6, 6.07) is 14.4. The van der Waals surface area contributed by atoms with Crippen LogP contribution in [0.3, 0.4) is 0 Å². The number of fused-ring (bicyclic) bond motifs is 2. The predicted octanol–water partition coefficient (Wildman–Crippen LogP) is 3.82. The van der Waals surface area contributed by atoms with E-state index in [1.54, 1.807) is 24.3 Å². The molecule has 1 amide bonds. The van der Waals surface area contributed by atoms with Crippen molar-refractivity contribution in [3.05, 3.63) is 90.1 Å². The molecule has 2 aromatic carbocycles. The van der Waals surface area contributed by atoms with Crippen LogP contribution in [0, 0.1) is 0 Å². The van der Waals surface area contributed by atoms with Gasteiger partial charge in [0.1, 0.15) is 17.0 Å². The first-order chi connectivity index (χ1) is 15.3. The summed E-state index contributed by atoms with van der Waals surface area (Å²) in [5.41, 5.74) is 8.83. The van der Waals surface area contributed by atoms with Crippen molar-refractivity contribution >= 4 is 22.6 Å². The molecule has 2 aliphatic rings. The van der Waals surface area contributed by atoms with Gasteiger partial charge in [-0.05, 0) is 63.2 Å². The number of amides is 1. The van der Waals surface area contributed by atoms with Crippen LogP contribution in [-0.4, -0.2) is 20.6 Å². The molecule has 1 aromatic heterocycles. The molecule has 0 saturated carbocycles. The quantitative estimate of drug-likeness (QED) is 0.477. The largest absolute Gasteiger partial charge is 0.508 e. The van der Waals surface area contributed by atoms with E-state index in [-0.39, 0.29) is 17.2 Å². The number of allylic oxidation sites excluding steroid dienone is 1. The Morgan fingerprint density at radius 1 is 1.12 bits per heavy atom. The lowest BCUT2D eigenvalue weighted by Crippen LogP contribution is -2.43. The fourth-order valence-corrected chi connectivity index (χ4v) is 4.24. The summed E-state index contributed by atoms with van der Waals surface area (Å²) >= 11 is 0. The number of aromatic hydroxyl groups is 1. The summed E-state index contributed by atoms with van der Waals surface area (Å²) in [6.07, 6.45) is 7.61. The Bertz CT molecular complexity index is 1310. The third-order valence-electron chi connectivity index (χ3n) is 5.75. The van der Waals surface area contributed by atoms with Crippen LogP contribution >= 0.6 is 0 Å². The van der Waals surface area contributed by atoms with E-state index < -0.39 is 5.41 Å². The van der Waals surface area contributed by atoms with E-state index in [2.05, 4.69) is 41.5 Å². The summed E-state index contributed by atoms with van der Waals surface area (Å²) in [7, 11) is 0. The van der Waals surface area contributed by atoms with Gasteiger partial charge in [-0.2, -0.15) is 0 Å². The molecule has 7 nitrogen and oxygen atoms in total. The van der Waals surface area contributed by atoms with Gasteiger partial charge in [-0.15, -0.1) is 0 Å². The molecule has 1 atom stereocenters. The number of phenolic OH excluding ortho intramolecular Hbond substituents is 1. The fourth-order valence-electron chi connectivity index (χ4n) is 4.24. The predicted molar refractivity (Wildman–Crippen MR) is 125 cm³/mol. The number of nitrogens with zero attached hydrogens (tertiary/aromatic N) is 2. The fraction of sp³-hybridized carbons (Fsp3) is 0.200. The summed E-state index contributed by atoms with van der Waals surface area (Å²) in [5.74, 6) is 0.544. The van der Waals surface area contributed by atoms with E-state index in [4.69, 9.17) is 4.98 Å². The van der Waals surface area contributed by atoms with Crippen molar-refractivity contribution in [3.63, 3.8) is 0 Å². The first kappa shape index (κ1) is 19.9. The standard InChI is InChI=1S/C25H25N5O2/c1-24(2,3)30-21-7-5-4-6-19(21)28-22(30)25(13-12-16-15-26-29-20(16)14-25)23(32)27-17-8-10-18(31)11-9-17/h4-15,26,29,31H,1-3H3,(H,27,32). The van der Waals surface area contributed by atoms with Gasteiger partial charge < -0.3 is 25.8 Å². The van der Waals surface area contributed by atoms with E-state index in [0.29, 0.717) is 11.5 Å². The van der Waals surface area contributed by atoms with Crippen LogP contribution in [0.4, 0.5) is 5.69 Å². The summed E-state index contributed by atoms with van der Waals surface area (Å²) < 4.78 is 2.14. The lowest BCUT2D eigenvalue weighted by Gasteiger charge is -2.34. The molecule has 1 unspecified atom stereocenters. The molecule has 0 radical (unpaired) electrons. The zero-order valence-electron chi connectivity index (χ0n) is 18.2. The number of carbonyl (C=O) groups excluding carboxylic acids is 1. The van der Waals surface area contributed by atoms with Crippen LogP contribution < -0.4 is 16.2 Å². The van der Waals surface area contributed by atoms with Crippen LogP contribution in [0.2, 0.25) is 0 Å². The second kappa shape index (κ2) is 7.02. The molecule has 0 bridgehead atoms. The van der Waals surface area contributed by atoms with Gasteiger partial charge in [0.2, 0.25) is 5.91 Å². The summed E-state index contributed by atoms with van der Waals surface area (Å²) in [5, 5.41) is 12.6. The highest BCUT2D eigenvalue weighted by molar-refractivity contribution is 6.03. The number of hydrazine groups is 1. The average molecular weight is 428 g/mol. The number of benzene rings is 2. The number of hydrogen-bond acceptors (Lipinski definition) is 5. The Hall–Kier alpha value is -4.00. The Kier molecular flexibility index (Phi) is 4.37. The maximum atomic E-state index is 13.9. The van der Waals surface area contributed by atoms with Gasteiger partial charge in [0, 0.05) is 23.0 Å². The van der Waals surface area contributed by atoms with Crippen molar-refractivity contribution < 1.29 is 9.90 Å².